The molecular weight excluding hydrogens is 364 g/mol. The van der Waals surface area contributed by atoms with E-state index in [9.17, 15) is 14.4 Å². The van der Waals surface area contributed by atoms with Gasteiger partial charge in [-0.2, -0.15) is 0 Å². The number of esters is 1. The fourth-order valence-corrected chi connectivity index (χ4v) is 8.21. The molecular formula is C25H34O4. The molecule has 3 saturated carbocycles. The quantitative estimate of drug-likeness (QED) is 0.634. The van der Waals surface area contributed by atoms with Gasteiger partial charge in [-0.05, 0) is 68.4 Å². The van der Waals surface area contributed by atoms with Crippen molar-refractivity contribution in [3.8, 4) is 0 Å². The average molecular weight is 399 g/mol. The predicted octanol–water partition coefficient (Wildman–Crippen LogP) is 4.68. The van der Waals surface area contributed by atoms with E-state index < -0.39 is 5.60 Å². The van der Waals surface area contributed by atoms with Crippen LogP contribution in [0.15, 0.2) is 23.8 Å². The number of rotatable bonds is 2. The zero-order valence-electron chi connectivity index (χ0n) is 18.6. The SMILES string of the molecule is CC(=O)O[C@@]1(C(C)=O)[C@H](C)C[C@H]2[C@@H]3C[C@H](C)C4=CC(=O)C=C[C@]4(C)[C@H]3CC[C@@]21C. The molecule has 4 rings (SSSR count). The fraction of sp³-hybridized carbons (Fsp3) is 0.720. The Kier molecular flexibility index (Phi) is 4.53. The van der Waals surface area contributed by atoms with Crippen LogP contribution in [0.3, 0.4) is 0 Å². The minimum Gasteiger partial charge on any atom is -0.450 e. The van der Waals surface area contributed by atoms with Gasteiger partial charge >= 0.3 is 5.97 Å². The lowest BCUT2D eigenvalue weighted by Crippen LogP contribution is -2.60. The number of carbonyl (C=O) groups excluding carboxylic acids is 3. The number of ether oxygens (including phenoxy) is 1. The van der Waals surface area contributed by atoms with Crippen LogP contribution in [0.1, 0.15) is 67.2 Å². The topological polar surface area (TPSA) is 60.4 Å². The third-order valence-corrected chi connectivity index (χ3v) is 9.24. The van der Waals surface area contributed by atoms with E-state index in [-0.39, 0.29) is 34.3 Å². The number of ketones is 2. The molecule has 0 aromatic rings. The van der Waals surface area contributed by atoms with Crippen LogP contribution in [0.5, 0.6) is 0 Å². The number of carbonyl (C=O) groups is 3. The molecule has 0 N–H and O–H groups in total. The summed E-state index contributed by atoms with van der Waals surface area (Å²) < 4.78 is 5.94. The molecule has 8 atom stereocenters. The second-order valence-electron chi connectivity index (χ2n) is 10.6. The van der Waals surface area contributed by atoms with Crippen LogP contribution in [-0.2, 0) is 19.1 Å². The van der Waals surface area contributed by atoms with Gasteiger partial charge in [0.05, 0.1) is 0 Å². The summed E-state index contributed by atoms with van der Waals surface area (Å²) in [5.74, 6) is 1.34. The molecule has 0 aliphatic heterocycles. The molecule has 0 aromatic carbocycles. The summed E-state index contributed by atoms with van der Waals surface area (Å²) in [6.45, 7) is 11.8. The van der Waals surface area contributed by atoms with Gasteiger partial charge in [0.2, 0.25) is 0 Å². The lowest BCUT2D eigenvalue weighted by Gasteiger charge is -2.59. The van der Waals surface area contributed by atoms with Gasteiger partial charge < -0.3 is 4.74 Å². The van der Waals surface area contributed by atoms with Gasteiger partial charge in [-0.15, -0.1) is 0 Å². The van der Waals surface area contributed by atoms with E-state index in [1.54, 1.807) is 13.0 Å². The summed E-state index contributed by atoms with van der Waals surface area (Å²) in [7, 11) is 0. The smallest absolute Gasteiger partial charge is 0.303 e. The second kappa shape index (κ2) is 6.39. The summed E-state index contributed by atoms with van der Waals surface area (Å²) >= 11 is 0. The Balaban J connectivity index is 1.78. The van der Waals surface area contributed by atoms with Gasteiger partial charge in [0.25, 0.3) is 0 Å². The van der Waals surface area contributed by atoms with Crippen LogP contribution in [-0.4, -0.2) is 23.1 Å². The summed E-state index contributed by atoms with van der Waals surface area (Å²) in [5, 5.41) is 0. The van der Waals surface area contributed by atoms with Gasteiger partial charge in [-0.3, -0.25) is 14.4 Å². The monoisotopic (exact) mass is 398 g/mol. The van der Waals surface area contributed by atoms with Crippen LogP contribution in [0.4, 0.5) is 0 Å². The first-order valence-corrected chi connectivity index (χ1v) is 11.1. The maximum Gasteiger partial charge on any atom is 0.303 e. The Labute approximate surface area is 174 Å². The van der Waals surface area contributed by atoms with Crippen molar-refractivity contribution in [3.05, 3.63) is 23.8 Å². The maximum absolute atomic E-state index is 13.0. The highest BCUT2D eigenvalue weighted by Crippen LogP contribution is 2.69. The Morgan fingerprint density at radius 3 is 2.41 bits per heavy atom. The molecule has 3 fully saturated rings. The molecule has 0 radical (unpaired) electrons. The van der Waals surface area contributed by atoms with Crippen molar-refractivity contribution < 1.29 is 19.1 Å². The minimum absolute atomic E-state index is 0.0116. The number of hydrogen-bond acceptors (Lipinski definition) is 4. The molecule has 29 heavy (non-hydrogen) atoms. The first-order valence-electron chi connectivity index (χ1n) is 11.1. The number of Topliss-reactive ketones (excluding diaryl/α,β-unsaturated/α-hetero) is 1. The third kappa shape index (κ3) is 2.53. The molecule has 0 heterocycles. The number of hydrogen-bond donors (Lipinski definition) is 0. The van der Waals surface area contributed by atoms with E-state index in [4.69, 9.17) is 4.74 Å². The van der Waals surface area contributed by atoms with Gasteiger partial charge in [0, 0.05) is 23.7 Å². The summed E-state index contributed by atoms with van der Waals surface area (Å²) in [6.07, 6.45) is 9.55. The van der Waals surface area contributed by atoms with Crippen molar-refractivity contribution in [1.82, 2.24) is 0 Å². The number of allylic oxidation sites excluding steroid dienone is 4. The zero-order valence-corrected chi connectivity index (χ0v) is 18.6. The van der Waals surface area contributed by atoms with Crippen molar-refractivity contribution in [1.29, 1.82) is 0 Å². The normalized spacial score (nSPS) is 48.3. The molecule has 0 unspecified atom stereocenters. The summed E-state index contributed by atoms with van der Waals surface area (Å²) in [5.41, 5.74) is -0.174. The summed E-state index contributed by atoms with van der Waals surface area (Å²) in [6, 6.07) is 0. The molecule has 0 spiro atoms. The average Bonchev–Trinajstić information content (AvgIpc) is 2.85. The highest BCUT2D eigenvalue weighted by molar-refractivity contribution is 6.01. The Morgan fingerprint density at radius 2 is 1.79 bits per heavy atom. The Bertz CT molecular complexity index is 838. The van der Waals surface area contributed by atoms with Gasteiger partial charge in [-0.25, -0.2) is 0 Å². The highest BCUT2D eigenvalue weighted by Gasteiger charge is 2.70. The van der Waals surface area contributed by atoms with Crippen LogP contribution >= 0.6 is 0 Å². The molecule has 0 bridgehead atoms. The minimum atomic E-state index is -1.02. The first-order chi connectivity index (χ1) is 13.5. The summed E-state index contributed by atoms with van der Waals surface area (Å²) in [4.78, 5) is 37.1. The molecule has 4 heteroatoms. The molecule has 4 aliphatic rings. The van der Waals surface area contributed by atoms with E-state index in [0.29, 0.717) is 23.7 Å². The molecule has 158 valence electrons. The van der Waals surface area contributed by atoms with E-state index in [1.165, 1.54) is 12.5 Å². The lowest BCUT2D eigenvalue weighted by molar-refractivity contribution is -0.192. The van der Waals surface area contributed by atoms with Crippen molar-refractivity contribution in [2.45, 2.75) is 72.8 Å². The molecule has 4 nitrogen and oxygen atoms in total. The van der Waals surface area contributed by atoms with Crippen molar-refractivity contribution in [2.75, 3.05) is 0 Å². The molecule has 4 aliphatic carbocycles. The van der Waals surface area contributed by atoms with Crippen molar-refractivity contribution >= 4 is 17.5 Å². The largest absolute Gasteiger partial charge is 0.450 e. The number of fused-ring (bicyclic) bond motifs is 5. The lowest BCUT2D eigenvalue weighted by atomic mass is 9.45. The van der Waals surface area contributed by atoms with Gasteiger partial charge in [0.1, 0.15) is 0 Å². The highest BCUT2D eigenvalue weighted by atomic mass is 16.6. The molecule has 0 amide bonds. The van der Waals surface area contributed by atoms with E-state index in [0.717, 1.165) is 25.7 Å². The van der Waals surface area contributed by atoms with Gasteiger partial charge in [0.15, 0.2) is 17.2 Å². The van der Waals surface area contributed by atoms with E-state index in [1.807, 2.05) is 6.08 Å². The fourth-order valence-electron chi connectivity index (χ4n) is 8.21. The molecule has 0 aromatic heterocycles. The van der Waals surface area contributed by atoms with E-state index >= 15 is 0 Å². The predicted molar refractivity (Wildman–Crippen MR) is 111 cm³/mol. The first kappa shape index (κ1) is 20.6. The van der Waals surface area contributed by atoms with Crippen LogP contribution < -0.4 is 0 Å². The van der Waals surface area contributed by atoms with Crippen molar-refractivity contribution in [3.63, 3.8) is 0 Å². The second-order valence-corrected chi connectivity index (χ2v) is 10.6. The zero-order chi connectivity index (χ0) is 21.4. The third-order valence-electron chi connectivity index (χ3n) is 9.24. The van der Waals surface area contributed by atoms with Crippen LogP contribution in [0, 0.1) is 40.4 Å². The Hall–Kier alpha value is -1.71. The maximum atomic E-state index is 13.0. The molecule has 0 saturated heterocycles. The van der Waals surface area contributed by atoms with Crippen LogP contribution in [0.25, 0.3) is 0 Å². The Morgan fingerprint density at radius 1 is 1.10 bits per heavy atom. The standard InChI is InChI=1S/C25H34O4/c1-14-11-19-20(23(5)9-7-18(28)13-21(14)23)8-10-24(6)22(19)12-15(2)25(24,16(3)26)29-17(4)27/h7,9,13-15,19-20,22H,8,10-12H2,1-6H3/t14-,15+,19+,20-,22-,23+,24-,25+/m0/s1. The van der Waals surface area contributed by atoms with Gasteiger partial charge in [-0.1, -0.05) is 39.3 Å². The van der Waals surface area contributed by atoms with E-state index in [2.05, 4.69) is 33.8 Å². The van der Waals surface area contributed by atoms with Crippen molar-refractivity contribution in [2.24, 2.45) is 40.4 Å². The van der Waals surface area contributed by atoms with Crippen LogP contribution in [0.2, 0.25) is 0 Å².